The van der Waals surface area contributed by atoms with Crippen LogP contribution in [0.4, 0.5) is 11.6 Å². The maximum atomic E-state index is 4.59. The lowest BCUT2D eigenvalue weighted by atomic mass is 10.2. The lowest BCUT2D eigenvalue weighted by Gasteiger charge is -2.23. The molecule has 0 spiro atoms. The summed E-state index contributed by atoms with van der Waals surface area (Å²) in [6, 6.07) is 2.67. The normalized spacial score (nSPS) is 18.9. The molecular weight excluding hydrogens is 262 g/mol. The zero-order valence-corrected chi connectivity index (χ0v) is 13.7. The second-order valence-corrected chi connectivity index (χ2v) is 5.64. The Kier molecular flexibility index (Phi) is 6.23. The average molecular weight is 291 g/mol. The standard InChI is InChI=1S/C16H29N5/c1-4-9-17-15-11-16(20-14(5-2)19-15)18-12-13-8-7-10-21(13)6-3/h11,13H,4-10,12H2,1-3H3,(H2,17,18,19,20). The van der Waals surface area contributed by atoms with E-state index in [1.807, 2.05) is 6.07 Å². The van der Waals surface area contributed by atoms with Crippen LogP contribution in [0.5, 0.6) is 0 Å². The molecule has 1 saturated heterocycles. The fourth-order valence-corrected chi connectivity index (χ4v) is 2.85. The molecule has 1 aliphatic heterocycles. The predicted octanol–water partition coefficient (Wildman–Crippen LogP) is 2.76. The van der Waals surface area contributed by atoms with Gasteiger partial charge in [-0.1, -0.05) is 20.8 Å². The van der Waals surface area contributed by atoms with Gasteiger partial charge in [-0.25, -0.2) is 9.97 Å². The maximum absolute atomic E-state index is 4.59. The molecule has 2 N–H and O–H groups in total. The maximum Gasteiger partial charge on any atom is 0.132 e. The van der Waals surface area contributed by atoms with Crippen LogP contribution >= 0.6 is 0 Å². The monoisotopic (exact) mass is 291 g/mol. The zero-order chi connectivity index (χ0) is 15.1. The number of nitrogens with one attached hydrogen (secondary N) is 2. The number of hydrogen-bond donors (Lipinski definition) is 2. The smallest absolute Gasteiger partial charge is 0.132 e. The van der Waals surface area contributed by atoms with Crippen molar-refractivity contribution in [1.29, 1.82) is 0 Å². The topological polar surface area (TPSA) is 53.1 Å². The average Bonchev–Trinajstić information content (AvgIpc) is 2.98. The van der Waals surface area contributed by atoms with E-state index in [0.29, 0.717) is 6.04 Å². The highest BCUT2D eigenvalue weighted by Crippen LogP contribution is 2.18. The first-order valence-electron chi connectivity index (χ1n) is 8.36. The Morgan fingerprint density at radius 3 is 2.62 bits per heavy atom. The summed E-state index contributed by atoms with van der Waals surface area (Å²) in [5, 5.41) is 6.87. The third-order valence-electron chi connectivity index (χ3n) is 4.07. The quantitative estimate of drug-likeness (QED) is 0.771. The van der Waals surface area contributed by atoms with E-state index in [9.17, 15) is 0 Å². The minimum atomic E-state index is 0.641. The van der Waals surface area contributed by atoms with Crippen molar-refractivity contribution in [3.8, 4) is 0 Å². The molecule has 2 rings (SSSR count). The Balaban J connectivity index is 1.97. The van der Waals surface area contributed by atoms with Crippen molar-refractivity contribution in [2.75, 3.05) is 36.8 Å². The van der Waals surface area contributed by atoms with E-state index < -0.39 is 0 Å². The van der Waals surface area contributed by atoms with Gasteiger partial charge in [-0.3, -0.25) is 4.90 Å². The predicted molar refractivity (Wildman–Crippen MR) is 88.9 cm³/mol. The summed E-state index contributed by atoms with van der Waals surface area (Å²) in [6.07, 6.45) is 4.56. The van der Waals surface area contributed by atoms with Gasteiger partial charge < -0.3 is 10.6 Å². The minimum Gasteiger partial charge on any atom is -0.370 e. The van der Waals surface area contributed by atoms with E-state index in [-0.39, 0.29) is 0 Å². The molecule has 1 unspecified atom stereocenters. The van der Waals surface area contributed by atoms with Crippen molar-refractivity contribution in [2.45, 2.75) is 52.5 Å². The number of likely N-dealkylation sites (N-methyl/N-ethyl adjacent to an activating group) is 1. The molecule has 5 heteroatoms. The van der Waals surface area contributed by atoms with Crippen LogP contribution in [0.2, 0.25) is 0 Å². The summed E-state index contributed by atoms with van der Waals surface area (Å²) in [7, 11) is 0. The van der Waals surface area contributed by atoms with Crippen LogP contribution in [-0.4, -0.2) is 47.1 Å². The summed E-state index contributed by atoms with van der Waals surface area (Å²) < 4.78 is 0. The molecule has 0 aromatic carbocycles. The molecule has 21 heavy (non-hydrogen) atoms. The van der Waals surface area contributed by atoms with E-state index in [4.69, 9.17) is 0 Å². The Labute approximate surface area is 128 Å². The second-order valence-electron chi connectivity index (χ2n) is 5.64. The van der Waals surface area contributed by atoms with Crippen LogP contribution < -0.4 is 10.6 Å². The Morgan fingerprint density at radius 1 is 1.19 bits per heavy atom. The molecule has 1 aromatic rings. The molecule has 1 aromatic heterocycles. The van der Waals surface area contributed by atoms with Crippen LogP contribution in [0.1, 0.15) is 45.9 Å². The van der Waals surface area contributed by atoms with Gasteiger partial charge in [0.05, 0.1) is 0 Å². The third-order valence-corrected chi connectivity index (χ3v) is 4.07. The van der Waals surface area contributed by atoms with E-state index in [1.54, 1.807) is 0 Å². The number of aromatic nitrogens is 2. The van der Waals surface area contributed by atoms with Crippen molar-refractivity contribution >= 4 is 11.6 Å². The summed E-state index contributed by atoms with van der Waals surface area (Å²) in [6.45, 7) is 10.8. The second kappa shape index (κ2) is 8.17. The van der Waals surface area contributed by atoms with Gasteiger partial charge in [-0.05, 0) is 32.4 Å². The van der Waals surface area contributed by atoms with Gasteiger partial charge in [0.2, 0.25) is 0 Å². The van der Waals surface area contributed by atoms with Gasteiger partial charge in [0.1, 0.15) is 17.5 Å². The Hall–Kier alpha value is -1.36. The highest BCUT2D eigenvalue weighted by molar-refractivity contribution is 5.47. The molecule has 1 atom stereocenters. The van der Waals surface area contributed by atoms with Crippen molar-refractivity contribution in [3.05, 3.63) is 11.9 Å². The van der Waals surface area contributed by atoms with Crippen molar-refractivity contribution in [3.63, 3.8) is 0 Å². The zero-order valence-electron chi connectivity index (χ0n) is 13.7. The van der Waals surface area contributed by atoms with Crippen molar-refractivity contribution < 1.29 is 0 Å². The summed E-state index contributed by atoms with van der Waals surface area (Å²) in [5.74, 6) is 2.78. The van der Waals surface area contributed by atoms with E-state index in [1.165, 1.54) is 19.4 Å². The van der Waals surface area contributed by atoms with E-state index in [2.05, 4.69) is 46.3 Å². The van der Waals surface area contributed by atoms with E-state index >= 15 is 0 Å². The highest BCUT2D eigenvalue weighted by atomic mass is 15.2. The van der Waals surface area contributed by atoms with Gasteiger partial charge in [0, 0.05) is 31.6 Å². The van der Waals surface area contributed by atoms with Gasteiger partial charge in [-0.2, -0.15) is 0 Å². The van der Waals surface area contributed by atoms with Gasteiger partial charge in [0.15, 0.2) is 0 Å². The first-order valence-corrected chi connectivity index (χ1v) is 8.36. The number of anilines is 2. The summed E-state index contributed by atoms with van der Waals surface area (Å²) in [4.78, 5) is 11.7. The SMILES string of the molecule is CCCNc1cc(NCC2CCCN2CC)nc(CC)n1. The van der Waals surface area contributed by atoms with Crippen LogP contribution in [0.3, 0.4) is 0 Å². The van der Waals surface area contributed by atoms with Crippen LogP contribution in [0, 0.1) is 0 Å². The fraction of sp³-hybridized carbons (Fsp3) is 0.750. The molecule has 0 saturated carbocycles. The van der Waals surface area contributed by atoms with Crippen molar-refractivity contribution in [2.24, 2.45) is 0 Å². The first-order chi connectivity index (χ1) is 10.3. The van der Waals surface area contributed by atoms with Gasteiger partial charge >= 0.3 is 0 Å². The molecule has 118 valence electrons. The molecule has 0 aliphatic carbocycles. The number of likely N-dealkylation sites (tertiary alicyclic amines) is 1. The number of nitrogens with zero attached hydrogens (tertiary/aromatic N) is 3. The lowest BCUT2D eigenvalue weighted by Crippen LogP contribution is -2.34. The Morgan fingerprint density at radius 2 is 1.95 bits per heavy atom. The number of aryl methyl sites for hydroxylation is 1. The highest BCUT2D eigenvalue weighted by Gasteiger charge is 2.22. The summed E-state index contributed by atoms with van der Waals surface area (Å²) in [5.41, 5.74) is 0. The first kappa shape index (κ1) is 16.0. The minimum absolute atomic E-state index is 0.641. The number of hydrogen-bond acceptors (Lipinski definition) is 5. The van der Waals surface area contributed by atoms with Crippen molar-refractivity contribution in [1.82, 2.24) is 14.9 Å². The number of rotatable bonds is 8. The van der Waals surface area contributed by atoms with Gasteiger partial charge in [-0.15, -0.1) is 0 Å². The fourth-order valence-electron chi connectivity index (χ4n) is 2.85. The molecular formula is C16H29N5. The Bertz CT molecular complexity index is 435. The van der Waals surface area contributed by atoms with Gasteiger partial charge in [0.25, 0.3) is 0 Å². The molecule has 5 nitrogen and oxygen atoms in total. The van der Waals surface area contributed by atoms with Crippen LogP contribution in [0.25, 0.3) is 0 Å². The molecule has 0 radical (unpaired) electrons. The largest absolute Gasteiger partial charge is 0.370 e. The summed E-state index contributed by atoms with van der Waals surface area (Å²) >= 11 is 0. The molecule has 2 heterocycles. The van der Waals surface area contributed by atoms with E-state index in [0.717, 1.165) is 49.9 Å². The van der Waals surface area contributed by atoms with Crippen LogP contribution in [-0.2, 0) is 6.42 Å². The third kappa shape index (κ3) is 4.56. The molecule has 0 bridgehead atoms. The van der Waals surface area contributed by atoms with Crippen LogP contribution in [0.15, 0.2) is 6.07 Å². The molecule has 0 amide bonds. The lowest BCUT2D eigenvalue weighted by molar-refractivity contribution is 0.277. The molecule has 1 fully saturated rings. The molecule has 1 aliphatic rings.